The number of rotatable bonds is 6. The summed E-state index contributed by atoms with van der Waals surface area (Å²) in [5.74, 6) is 0.652. The smallest absolute Gasteiger partial charge is 0.268 e. The summed E-state index contributed by atoms with van der Waals surface area (Å²) in [6.07, 6.45) is 1.46. The molecule has 2 aliphatic heterocycles. The fourth-order valence-electron chi connectivity index (χ4n) is 3.17. The van der Waals surface area contributed by atoms with Crippen molar-refractivity contribution in [2.75, 3.05) is 19.0 Å². The van der Waals surface area contributed by atoms with Gasteiger partial charge in [-0.25, -0.2) is 4.98 Å². The molecule has 1 aromatic carbocycles. The molecule has 3 heterocycles. The predicted molar refractivity (Wildman–Crippen MR) is 104 cm³/mol. The van der Waals surface area contributed by atoms with E-state index in [-0.39, 0.29) is 11.8 Å². The first kappa shape index (κ1) is 18.1. The van der Waals surface area contributed by atoms with E-state index in [0.29, 0.717) is 30.8 Å². The third-order valence-electron chi connectivity index (χ3n) is 4.47. The van der Waals surface area contributed by atoms with Crippen LogP contribution in [0.3, 0.4) is 0 Å². The summed E-state index contributed by atoms with van der Waals surface area (Å²) in [4.78, 5) is 18.7. The molecule has 1 saturated heterocycles. The maximum atomic E-state index is 13.1. The van der Waals surface area contributed by atoms with Gasteiger partial charge in [-0.1, -0.05) is 49.0 Å². The van der Waals surface area contributed by atoms with E-state index in [4.69, 9.17) is 14.5 Å². The van der Waals surface area contributed by atoms with Crippen LogP contribution < -0.4 is 5.56 Å². The van der Waals surface area contributed by atoms with E-state index in [2.05, 4.69) is 19.1 Å². The molecule has 0 saturated carbocycles. The fraction of sp³-hybridized carbons (Fsp3) is 0.474. The largest absolute Gasteiger partial charge is 0.349 e. The Hall–Kier alpha value is -1.28. The molecule has 1 aromatic heterocycles. The van der Waals surface area contributed by atoms with Crippen LogP contribution in [0.15, 0.2) is 45.2 Å². The highest BCUT2D eigenvalue weighted by atomic mass is 32.2. The van der Waals surface area contributed by atoms with Gasteiger partial charge in [-0.05, 0) is 12.0 Å². The minimum atomic E-state index is -0.207. The molecule has 0 amide bonds. The van der Waals surface area contributed by atoms with Gasteiger partial charge in [-0.15, -0.1) is 11.8 Å². The van der Waals surface area contributed by atoms with Crippen molar-refractivity contribution in [2.24, 2.45) is 0 Å². The van der Waals surface area contributed by atoms with Crippen molar-refractivity contribution in [3.8, 4) is 0 Å². The van der Waals surface area contributed by atoms with Gasteiger partial charge in [0.2, 0.25) is 0 Å². The van der Waals surface area contributed by atoms with Crippen LogP contribution in [0.4, 0.5) is 0 Å². The second-order valence-electron chi connectivity index (χ2n) is 6.48. The van der Waals surface area contributed by atoms with Gasteiger partial charge in [0, 0.05) is 18.2 Å². The molecule has 4 rings (SSSR count). The lowest BCUT2D eigenvalue weighted by Crippen LogP contribution is -2.26. The molecule has 2 aromatic rings. The van der Waals surface area contributed by atoms with Crippen LogP contribution in [-0.2, 0) is 28.9 Å². The van der Waals surface area contributed by atoms with Crippen molar-refractivity contribution in [1.29, 1.82) is 0 Å². The van der Waals surface area contributed by atoms with Gasteiger partial charge in [-0.2, -0.15) is 0 Å². The molecule has 0 spiro atoms. The summed E-state index contributed by atoms with van der Waals surface area (Å²) >= 11 is 3.20. The Bertz CT molecular complexity index is 820. The first-order valence-corrected chi connectivity index (χ1v) is 10.8. The summed E-state index contributed by atoms with van der Waals surface area (Å²) in [5, 5.41) is 1.19. The van der Waals surface area contributed by atoms with Crippen molar-refractivity contribution >= 4 is 23.5 Å². The number of hydrogen-bond donors (Lipinski definition) is 0. The van der Waals surface area contributed by atoms with Crippen LogP contribution in [0.25, 0.3) is 0 Å². The molecule has 0 aliphatic carbocycles. The zero-order valence-corrected chi connectivity index (χ0v) is 16.4. The SMILES string of the molecule is CC1Cc2nc(SCC3OCCO3)n(CCc3ccccc3)c(=O)c2S1. The standard InChI is InChI=1S/C19H22N2O3S2/c1-13-11-15-17(26-13)18(22)21(8-7-14-5-3-2-4-6-14)19(20-15)25-12-16-23-9-10-24-16/h2-6,13,16H,7-12H2,1H3. The van der Waals surface area contributed by atoms with E-state index in [1.54, 1.807) is 23.5 Å². The van der Waals surface area contributed by atoms with Gasteiger partial charge in [0.05, 0.1) is 29.6 Å². The van der Waals surface area contributed by atoms with Gasteiger partial charge in [0.1, 0.15) is 0 Å². The zero-order valence-electron chi connectivity index (χ0n) is 14.7. The summed E-state index contributed by atoms with van der Waals surface area (Å²) in [7, 11) is 0. The molecule has 26 heavy (non-hydrogen) atoms. The van der Waals surface area contributed by atoms with Crippen LogP contribution >= 0.6 is 23.5 Å². The van der Waals surface area contributed by atoms with Crippen molar-refractivity contribution in [2.45, 2.75) is 47.9 Å². The Kier molecular flexibility index (Phi) is 5.69. The van der Waals surface area contributed by atoms with Gasteiger partial charge in [0.25, 0.3) is 5.56 Å². The lowest BCUT2D eigenvalue weighted by atomic mass is 10.1. The number of aryl methyl sites for hydroxylation is 1. The Labute approximate surface area is 161 Å². The Morgan fingerprint density at radius 1 is 1.27 bits per heavy atom. The van der Waals surface area contributed by atoms with E-state index < -0.39 is 0 Å². The van der Waals surface area contributed by atoms with Crippen molar-refractivity contribution < 1.29 is 9.47 Å². The molecule has 2 aliphatic rings. The summed E-state index contributed by atoms with van der Waals surface area (Å²) < 4.78 is 12.9. The third-order valence-corrected chi connectivity index (χ3v) is 6.69. The molecule has 7 heteroatoms. The monoisotopic (exact) mass is 390 g/mol. The Balaban J connectivity index is 1.58. The highest BCUT2D eigenvalue weighted by molar-refractivity contribution is 8.00. The van der Waals surface area contributed by atoms with E-state index in [9.17, 15) is 4.79 Å². The lowest BCUT2D eigenvalue weighted by molar-refractivity contribution is -0.0215. The quantitative estimate of drug-likeness (QED) is 0.558. The van der Waals surface area contributed by atoms with Gasteiger partial charge >= 0.3 is 0 Å². The normalized spacial score (nSPS) is 19.8. The number of benzene rings is 1. The Morgan fingerprint density at radius 3 is 2.81 bits per heavy atom. The van der Waals surface area contributed by atoms with Gasteiger partial charge < -0.3 is 9.47 Å². The first-order chi connectivity index (χ1) is 12.7. The first-order valence-electron chi connectivity index (χ1n) is 8.91. The Morgan fingerprint density at radius 2 is 2.04 bits per heavy atom. The molecule has 138 valence electrons. The predicted octanol–water partition coefficient (Wildman–Crippen LogP) is 2.99. The molecular weight excluding hydrogens is 368 g/mol. The minimum Gasteiger partial charge on any atom is -0.349 e. The molecule has 5 nitrogen and oxygen atoms in total. The highest BCUT2D eigenvalue weighted by Crippen LogP contribution is 2.34. The maximum Gasteiger partial charge on any atom is 0.268 e. The number of hydrogen-bond acceptors (Lipinski definition) is 6. The fourth-order valence-corrected chi connectivity index (χ4v) is 5.27. The molecule has 0 N–H and O–H groups in total. The average Bonchev–Trinajstić information content (AvgIpc) is 3.29. The number of ether oxygens (including phenoxy) is 2. The molecule has 0 bridgehead atoms. The van der Waals surface area contributed by atoms with Crippen LogP contribution in [0.5, 0.6) is 0 Å². The molecule has 0 radical (unpaired) electrons. The highest BCUT2D eigenvalue weighted by Gasteiger charge is 2.27. The van der Waals surface area contributed by atoms with E-state index >= 15 is 0 Å². The van der Waals surface area contributed by atoms with E-state index in [1.165, 1.54) is 5.56 Å². The zero-order chi connectivity index (χ0) is 17.9. The van der Waals surface area contributed by atoms with Crippen LogP contribution in [0.1, 0.15) is 18.2 Å². The molecular formula is C19H22N2O3S2. The van der Waals surface area contributed by atoms with E-state index in [0.717, 1.165) is 28.6 Å². The number of aromatic nitrogens is 2. The van der Waals surface area contributed by atoms with Crippen molar-refractivity contribution in [1.82, 2.24) is 9.55 Å². The van der Waals surface area contributed by atoms with Crippen LogP contribution in [0, 0.1) is 0 Å². The maximum absolute atomic E-state index is 13.1. The molecule has 1 fully saturated rings. The number of thioether (sulfide) groups is 2. The second kappa shape index (κ2) is 8.17. The summed E-state index contributed by atoms with van der Waals surface area (Å²) in [6, 6.07) is 10.3. The van der Waals surface area contributed by atoms with Crippen molar-refractivity contribution in [3.63, 3.8) is 0 Å². The minimum absolute atomic E-state index is 0.0936. The summed E-state index contributed by atoms with van der Waals surface area (Å²) in [5.41, 5.74) is 2.26. The van der Waals surface area contributed by atoms with Crippen molar-refractivity contribution in [3.05, 3.63) is 51.9 Å². The van der Waals surface area contributed by atoms with Crippen LogP contribution in [0.2, 0.25) is 0 Å². The average molecular weight is 391 g/mol. The van der Waals surface area contributed by atoms with Crippen LogP contribution in [-0.4, -0.2) is 40.1 Å². The third kappa shape index (κ3) is 4.01. The number of fused-ring (bicyclic) bond motifs is 1. The topological polar surface area (TPSA) is 53.4 Å². The van der Waals surface area contributed by atoms with Gasteiger partial charge in [0.15, 0.2) is 11.4 Å². The van der Waals surface area contributed by atoms with Gasteiger partial charge in [-0.3, -0.25) is 9.36 Å². The summed E-state index contributed by atoms with van der Waals surface area (Å²) in [6.45, 7) is 4.05. The van der Waals surface area contributed by atoms with E-state index in [1.807, 2.05) is 22.8 Å². The second-order valence-corrected chi connectivity index (χ2v) is 8.91. The molecule has 1 atom stereocenters. The number of nitrogens with zero attached hydrogens (tertiary/aromatic N) is 2. The lowest BCUT2D eigenvalue weighted by Gasteiger charge is -2.15. The molecule has 1 unspecified atom stereocenters.